The monoisotopic (exact) mass is 384 g/mol. The fraction of sp³-hybridized carbons (Fsp3) is 0.696. The van der Waals surface area contributed by atoms with E-state index in [9.17, 15) is 0 Å². The molecule has 5 heteroatoms. The number of hydrogen-bond donors (Lipinski definition) is 2. The first kappa shape index (κ1) is 19.6. The average Bonchev–Trinajstić information content (AvgIpc) is 3.41. The largest absolute Gasteiger partial charge is 0.493 e. The van der Waals surface area contributed by atoms with Crippen LogP contribution in [0, 0.1) is 5.92 Å². The van der Waals surface area contributed by atoms with Crippen molar-refractivity contribution in [1.29, 1.82) is 0 Å². The van der Waals surface area contributed by atoms with Gasteiger partial charge in [0, 0.05) is 44.3 Å². The van der Waals surface area contributed by atoms with E-state index >= 15 is 0 Å². The summed E-state index contributed by atoms with van der Waals surface area (Å²) in [5.41, 5.74) is 1.20. The van der Waals surface area contributed by atoms with E-state index in [1.165, 1.54) is 70.0 Å². The molecule has 1 aromatic rings. The summed E-state index contributed by atoms with van der Waals surface area (Å²) < 4.78 is 6.03. The molecule has 0 unspecified atom stereocenters. The number of likely N-dealkylation sites (tertiary alicyclic amines) is 1. The van der Waals surface area contributed by atoms with Gasteiger partial charge in [-0.15, -0.1) is 0 Å². The van der Waals surface area contributed by atoms with Crippen LogP contribution < -0.4 is 15.4 Å². The lowest BCUT2D eigenvalue weighted by atomic mass is 10.0. The molecule has 1 aliphatic heterocycles. The highest BCUT2D eigenvalue weighted by atomic mass is 16.5. The molecule has 154 valence electrons. The third-order valence-electron chi connectivity index (χ3n) is 6.53. The molecular weight excluding hydrogens is 348 g/mol. The number of piperidine rings is 1. The van der Waals surface area contributed by atoms with E-state index in [0.29, 0.717) is 6.04 Å². The van der Waals surface area contributed by atoms with Gasteiger partial charge in [0.25, 0.3) is 0 Å². The molecule has 3 aliphatic rings. The second-order valence-corrected chi connectivity index (χ2v) is 8.68. The van der Waals surface area contributed by atoms with Crippen molar-refractivity contribution in [3.63, 3.8) is 0 Å². The van der Waals surface area contributed by atoms with Gasteiger partial charge in [-0.2, -0.15) is 0 Å². The summed E-state index contributed by atoms with van der Waals surface area (Å²) in [6.07, 6.45) is 10.7. The minimum absolute atomic E-state index is 0.519. The molecule has 0 radical (unpaired) electrons. The van der Waals surface area contributed by atoms with E-state index in [-0.39, 0.29) is 0 Å². The first-order chi connectivity index (χ1) is 13.8. The van der Waals surface area contributed by atoms with Crippen LogP contribution in [0.1, 0.15) is 56.9 Å². The van der Waals surface area contributed by atoms with Crippen LogP contribution in [0.3, 0.4) is 0 Å². The van der Waals surface area contributed by atoms with Crippen molar-refractivity contribution in [2.24, 2.45) is 10.9 Å². The maximum Gasteiger partial charge on any atom is 0.191 e. The second kappa shape index (κ2) is 9.64. The quantitative estimate of drug-likeness (QED) is 0.558. The Bertz CT molecular complexity index is 644. The number of rotatable bonds is 7. The summed E-state index contributed by atoms with van der Waals surface area (Å²) in [5, 5.41) is 7.13. The predicted octanol–water partition coefficient (Wildman–Crippen LogP) is 3.55. The SMILES string of the molecule is CN=C(NCc1ccccc1OCC1CC1)NC1CCN(C2CCCC2)CC1. The first-order valence-corrected chi connectivity index (χ1v) is 11.2. The van der Waals surface area contributed by atoms with Gasteiger partial charge in [-0.05, 0) is 50.5 Å². The molecule has 4 rings (SSSR count). The van der Waals surface area contributed by atoms with E-state index in [2.05, 4.69) is 44.8 Å². The van der Waals surface area contributed by atoms with Crippen LogP contribution in [0.15, 0.2) is 29.3 Å². The molecule has 0 aromatic heterocycles. The Morgan fingerprint density at radius 1 is 1.07 bits per heavy atom. The Hall–Kier alpha value is -1.75. The van der Waals surface area contributed by atoms with Crippen molar-refractivity contribution in [3.05, 3.63) is 29.8 Å². The molecule has 5 nitrogen and oxygen atoms in total. The molecule has 0 amide bonds. The van der Waals surface area contributed by atoms with E-state index in [1.54, 1.807) is 0 Å². The molecule has 2 N–H and O–H groups in total. The zero-order valence-corrected chi connectivity index (χ0v) is 17.3. The minimum Gasteiger partial charge on any atom is -0.493 e. The Kier molecular flexibility index (Phi) is 6.73. The molecule has 1 heterocycles. The summed E-state index contributed by atoms with van der Waals surface area (Å²) in [6.45, 7) is 4.03. The Morgan fingerprint density at radius 3 is 2.54 bits per heavy atom. The minimum atomic E-state index is 0.519. The lowest BCUT2D eigenvalue weighted by Crippen LogP contribution is -2.50. The third-order valence-corrected chi connectivity index (χ3v) is 6.53. The number of guanidine groups is 1. The maximum atomic E-state index is 6.03. The highest BCUT2D eigenvalue weighted by Crippen LogP contribution is 2.30. The fourth-order valence-electron chi connectivity index (χ4n) is 4.53. The van der Waals surface area contributed by atoms with Gasteiger partial charge in [0.1, 0.15) is 5.75 Å². The van der Waals surface area contributed by atoms with Crippen molar-refractivity contribution >= 4 is 5.96 Å². The molecule has 3 fully saturated rings. The van der Waals surface area contributed by atoms with Crippen molar-refractivity contribution in [2.45, 2.75) is 70.0 Å². The van der Waals surface area contributed by atoms with Gasteiger partial charge in [-0.25, -0.2) is 0 Å². The predicted molar refractivity (Wildman–Crippen MR) is 115 cm³/mol. The lowest BCUT2D eigenvalue weighted by Gasteiger charge is -2.36. The molecule has 1 saturated heterocycles. The number of hydrogen-bond acceptors (Lipinski definition) is 3. The van der Waals surface area contributed by atoms with Crippen LogP contribution in [0.4, 0.5) is 0 Å². The molecular formula is C23H36N4O. The van der Waals surface area contributed by atoms with Gasteiger partial charge in [-0.1, -0.05) is 31.0 Å². The molecule has 0 spiro atoms. The number of para-hydroxylation sites is 1. The van der Waals surface area contributed by atoms with Crippen LogP contribution in [-0.2, 0) is 6.54 Å². The number of aliphatic imine (C=N–C) groups is 1. The fourth-order valence-corrected chi connectivity index (χ4v) is 4.53. The van der Waals surface area contributed by atoms with Gasteiger partial charge >= 0.3 is 0 Å². The Balaban J connectivity index is 1.23. The summed E-state index contributed by atoms with van der Waals surface area (Å²) >= 11 is 0. The topological polar surface area (TPSA) is 48.9 Å². The summed E-state index contributed by atoms with van der Waals surface area (Å²) in [4.78, 5) is 7.16. The Labute approximate surface area is 169 Å². The number of nitrogens with one attached hydrogen (secondary N) is 2. The molecule has 0 bridgehead atoms. The maximum absolute atomic E-state index is 6.03. The van der Waals surface area contributed by atoms with E-state index < -0.39 is 0 Å². The van der Waals surface area contributed by atoms with Crippen LogP contribution in [0.25, 0.3) is 0 Å². The van der Waals surface area contributed by atoms with Crippen molar-refractivity contribution in [2.75, 3.05) is 26.7 Å². The molecule has 1 aromatic carbocycles. The van der Waals surface area contributed by atoms with Gasteiger partial charge in [0.05, 0.1) is 6.61 Å². The van der Waals surface area contributed by atoms with Crippen molar-refractivity contribution < 1.29 is 4.74 Å². The highest BCUT2D eigenvalue weighted by molar-refractivity contribution is 5.80. The molecule has 2 saturated carbocycles. The van der Waals surface area contributed by atoms with E-state index in [0.717, 1.165) is 36.8 Å². The zero-order valence-electron chi connectivity index (χ0n) is 17.3. The standard InChI is InChI=1S/C23H36N4O/c1-24-23(26-20-12-14-27(15-13-20)21-7-3-4-8-21)25-16-19-6-2-5-9-22(19)28-17-18-10-11-18/h2,5-6,9,18,20-21H,3-4,7-8,10-17H2,1H3,(H2,24,25,26). The lowest BCUT2D eigenvalue weighted by molar-refractivity contribution is 0.150. The van der Waals surface area contributed by atoms with Crippen LogP contribution in [-0.4, -0.2) is 49.7 Å². The van der Waals surface area contributed by atoms with Crippen LogP contribution >= 0.6 is 0 Å². The van der Waals surface area contributed by atoms with E-state index in [1.807, 2.05) is 7.05 Å². The van der Waals surface area contributed by atoms with Gasteiger partial charge < -0.3 is 20.3 Å². The van der Waals surface area contributed by atoms with Gasteiger partial charge in [-0.3, -0.25) is 4.99 Å². The summed E-state index contributed by atoms with van der Waals surface area (Å²) in [5.74, 6) is 2.67. The molecule has 0 atom stereocenters. The number of ether oxygens (including phenoxy) is 1. The van der Waals surface area contributed by atoms with Gasteiger partial charge in [0.15, 0.2) is 5.96 Å². The first-order valence-electron chi connectivity index (χ1n) is 11.2. The molecule has 2 aliphatic carbocycles. The zero-order chi connectivity index (χ0) is 19.2. The number of nitrogens with zero attached hydrogens (tertiary/aromatic N) is 2. The van der Waals surface area contributed by atoms with Crippen molar-refractivity contribution in [1.82, 2.24) is 15.5 Å². The normalized spacial score (nSPS) is 22.4. The van der Waals surface area contributed by atoms with Crippen molar-refractivity contribution in [3.8, 4) is 5.75 Å². The number of benzene rings is 1. The summed E-state index contributed by atoms with van der Waals surface area (Å²) in [7, 11) is 1.86. The Morgan fingerprint density at radius 2 is 1.82 bits per heavy atom. The third kappa shape index (κ3) is 5.40. The smallest absolute Gasteiger partial charge is 0.191 e. The van der Waals surface area contributed by atoms with Crippen LogP contribution in [0.5, 0.6) is 5.75 Å². The average molecular weight is 385 g/mol. The molecule has 28 heavy (non-hydrogen) atoms. The van der Waals surface area contributed by atoms with Crippen LogP contribution in [0.2, 0.25) is 0 Å². The van der Waals surface area contributed by atoms with E-state index in [4.69, 9.17) is 4.74 Å². The van der Waals surface area contributed by atoms with Gasteiger partial charge in [0.2, 0.25) is 0 Å². The summed E-state index contributed by atoms with van der Waals surface area (Å²) in [6, 6.07) is 9.72. The highest BCUT2D eigenvalue weighted by Gasteiger charge is 2.27. The second-order valence-electron chi connectivity index (χ2n) is 8.68.